The molecule has 20 heavy (non-hydrogen) atoms. The monoisotopic (exact) mass is 288 g/mol. The maximum atomic E-state index is 13.2. The first-order chi connectivity index (χ1) is 9.48. The van der Waals surface area contributed by atoms with E-state index < -0.39 is 18.0 Å². The molecular formula is C13H19F3N4. The van der Waals surface area contributed by atoms with E-state index in [1.165, 1.54) is 0 Å². The molecule has 4 nitrogen and oxygen atoms in total. The van der Waals surface area contributed by atoms with E-state index in [0.29, 0.717) is 25.2 Å². The van der Waals surface area contributed by atoms with E-state index in [-0.39, 0.29) is 12.5 Å². The molecule has 2 heterocycles. The van der Waals surface area contributed by atoms with E-state index in [1.54, 1.807) is 0 Å². The minimum Gasteiger partial charge on any atom is -0.312 e. The smallest absolute Gasteiger partial charge is 0.312 e. The zero-order valence-corrected chi connectivity index (χ0v) is 11.5. The summed E-state index contributed by atoms with van der Waals surface area (Å²) in [6.07, 6.45) is -1.88. The van der Waals surface area contributed by atoms with Gasteiger partial charge in [0, 0.05) is 19.0 Å². The third kappa shape index (κ3) is 2.32. The van der Waals surface area contributed by atoms with Crippen molar-refractivity contribution in [2.75, 3.05) is 6.54 Å². The molecule has 112 valence electrons. The molecule has 1 N–H and O–H groups in total. The van der Waals surface area contributed by atoms with Crippen LogP contribution in [0.1, 0.15) is 56.2 Å². The highest BCUT2D eigenvalue weighted by atomic mass is 19.4. The first-order valence-corrected chi connectivity index (χ1v) is 7.21. The van der Waals surface area contributed by atoms with Gasteiger partial charge in [0.1, 0.15) is 11.6 Å². The average molecular weight is 288 g/mol. The zero-order chi connectivity index (χ0) is 14.3. The Morgan fingerprint density at radius 2 is 1.85 bits per heavy atom. The molecule has 0 radical (unpaired) electrons. The van der Waals surface area contributed by atoms with Gasteiger partial charge in [0.05, 0.1) is 12.0 Å². The molecule has 1 fully saturated rings. The first kappa shape index (κ1) is 13.9. The van der Waals surface area contributed by atoms with E-state index in [1.807, 2.05) is 11.5 Å². The molecule has 7 heteroatoms. The van der Waals surface area contributed by atoms with Gasteiger partial charge >= 0.3 is 6.18 Å². The Labute approximate surface area is 115 Å². The fraction of sp³-hybridized carbons (Fsp3) is 0.846. The van der Waals surface area contributed by atoms with E-state index in [0.717, 1.165) is 18.8 Å². The number of aromatic nitrogens is 3. The number of nitrogens with one attached hydrogen (secondary N) is 1. The Bertz CT molecular complexity index is 482. The van der Waals surface area contributed by atoms with Crippen LogP contribution < -0.4 is 5.32 Å². The van der Waals surface area contributed by atoms with Gasteiger partial charge in [-0.3, -0.25) is 0 Å². The number of nitrogens with zero attached hydrogens (tertiary/aromatic N) is 3. The second kappa shape index (κ2) is 5.02. The van der Waals surface area contributed by atoms with Crippen LogP contribution in [0.2, 0.25) is 0 Å². The van der Waals surface area contributed by atoms with Crippen molar-refractivity contribution in [2.24, 2.45) is 5.92 Å². The largest absolute Gasteiger partial charge is 0.392 e. The molecule has 0 bridgehead atoms. The van der Waals surface area contributed by atoms with Gasteiger partial charge in [-0.05, 0) is 19.8 Å². The van der Waals surface area contributed by atoms with Crippen LogP contribution in [0.15, 0.2) is 0 Å². The van der Waals surface area contributed by atoms with Gasteiger partial charge in [-0.15, -0.1) is 10.2 Å². The third-order valence-corrected chi connectivity index (χ3v) is 4.50. The number of alkyl halides is 3. The van der Waals surface area contributed by atoms with Crippen LogP contribution in [0.4, 0.5) is 13.2 Å². The van der Waals surface area contributed by atoms with Gasteiger partial charge in [0.25, 0.3) is 0 Å². The van der Waals surface area contributed by atoms with Crippen molar-refractivity contribution in [3.8, 4) is 0 Å². The lowest BCUT2D eigenvalue weighted by Gasteiger charge is -2.33. The normalized spacial score (nSPS) is 31.1. The van der Waals surface area contributed by atoms with Crippen molar-refractivity contribution < 1.29 is 13.2 Å². The Kier molecular flexibility index (Phi) is 3.48. The summed E-state index contributed by atoms with van der Waals surface area (Å²) >= 11 is 0. The van der Waals surface area contributed by atoms with Gasteiger partial charge in [-0.2, -0.15) is 13.2 Å². The quantitative estimate of drug-likeness (QED) is 0.864. The van der Waals surface area contributed by atoms with Crippen LogP contribution in [0.25, 0.3) is 0 Å². The lowest BCUT2D eigenvalue weighted by atomic mass is 9.78. The molecule has 1 aromatic rings. The molecule has 0 saturated heterocycles. The average Bonchev–Trinajstić information content (AvgIpc) is 2.83. The molecule has 1 saturated carbocycles. The third-order valence-electron chi connectivity index (χ3n) is 4.50. The summed E-state index contributed by atoms with van der Waals surface area (Å²) in [6, 6.07) is 0.0536. The minimum atomic E-state index is -4.14. The number of rotatable bonds is 1. The summed E-state index contributed by atoms with van der Waals surface area (Å²) in [4.78, 5) is 0. The van der Waals surface area contributed by atoms with Gasteiger partial charge in [-0.1, -0.05) is 12.8 Å². The summed E-state index contributed by atoms with van der Waals surface area (Å²) in [5.41, 5.74) is 0. The van der Waals surface area contributed by atoms with E-state index in [9.17, 15) is 13.2 Å². The van der Waals surface area contributed by atoms with Crippen LogP contribution in [-0.2, 0) is 6.54 Å². The van der Waals surface area contributed by atoms with Gasteiger partial charge < -0.3 is 9.88 Å². The molecule has 0 amide bonds. The predicted octanol–water partition coefficient (Wildman–Crippen LogP) is 2.78. The summed E-state index contributed by atoms with van der Waals surface area (Å²) in [5, 5.41) is 11.5. The summed E-state index contributed by atoms with van der Waals surface area (Å²) in [6.45, 7) is 3.37. The molecular weight excluding hydrogens is 269 g/mol. The second-order valence-electron chi connectivity index (χ2n) is 5.78. The first-order valence-electron chi connectivity index (χ1n) is 7.21. The van der Waals surface area contributed by atoms with Gasteiger partial charge in [0.15, 0.2) is 0 Å². The highest BCUT2D eigenvalue weighted by Crippen LogP contribution is 2.46. The molecule has 2 aliphatic rings. The van der Waals surface area contributed by atoms with Crippen molar-refractivity contribution in [3.63, 3.8) is 0 Å². The Morgan fingerprint density at radius 3 is 2.60 bits per heavy atom. The highest BCUT2D eigenvalue weighted by molar-refractivity contribution is 5.10. The van der Waals surface area contributed by atoms with Crippen molar-refractivity contribution >= 4 is 0 Å². The summed E-state index contributed by atoms with van der Waals surface area (Å²) in [5.74, 6) is -0.502. The molecule has 3 unspecified atom stereocenters. The molecule has 3 rings (SSSR count). The fourth-order valence-electron chi connectivity index (χ4n) is 3.47. The lowest BCUT2D eigenvalue weighted by molar-refractivity contribution is -0.188. The molecule has 3 atom stereocenters. The Hall–Kier alpha value is -1.11. The van der Waals surface area contributed by atoms with Crippen LogP contribution in [0.5, 0.6) is 0 Å². The van der Waals surface area contributed by atoms with Gasteiger partial charge in [-0.25, -0.2) is 0 Å². The van der Waals surface area contributed by atoms with E-state index >= 15 is 0 Å². The van der Waals surface area contributed by atoms with Crippen LogP contribution in [0.3, 0.4) is 0 Å². The number of fused-ring (bicyclic) bond motifs is 1. The van der Waals surface area contributed by atoms with Crippen molar-refractivity contribution in [2.45, 2.75) is 57.3 Å². The van der Waals surface area contributed by atoms with E-state index in [4.69, 9.17) is 0 Å². The lowest BCUT2D eigenvalue weighted by Crippen LogP contribution is -2.36. The maximum absolute atomic E-state index is 13.2. The van der Waals surface area contributed by atoms with Crippen LogP contribution >= 0.6 is 0 Å². The summed E-state index contributed by atoms with van der Waals surface area (Å²) in [7, 11) is 0. The van der Waals surface area contributed by atoms with Crippen molar-refractivity contribution in [3.05, 3.63) is 11.6 Å². The number of halogens is 3. The van der Waals surface area contributed by atoms with E-state index in [2.05, 4.69) is 15.5 Å². The molecule has 1 aliphatic heterocycles. The van der Waals surface area contributed by atoms with Crippen molar-refractivity contribution in [1.29, 1.82) is 0 Å². The molecule has 1 aliphatic carbocycles. The topological polar surface area (TPSA) is 42.7 Å². The molecule has 0 aromatic carbocycles. The molecule has 0 spiro atoms. The SMILES string of the molecule is CC1NCCn2c1nnc2C1CCCCC1C(F)(F)F. The number of hydrogen-bond acceptors (Lipinski definition) is 3. The van der Waals surface area contributed by atoms with Gasteiger partial charge in [0.2, 0.25) is 0 Å². The van der Waals surface area contributed by atoms with Crippen LogP contribution in [-0.4, -0.2) is 27.5 Å². The van der Waals surface area contributed by atoms with Crippen LogP contribution in [0, 0.1) is 5.92 Å². The minimum absolute atomic E-state index is 0.0536. The molecule has 1 aromatic heterocycles. The number of hydrogen-bond donors (Lipinski definition) is 1. The maximum Gasteiger partial charge on any atom is 0.392 e. The fourth-order valence-corrected chi connectivity index (χ4v) is 3.47. The zero-order valence-electron chi connectivity index (χ0n) is 11.5. The summed E-state index contributed by atoms with van der Waals surface area (Å²) < 4.78 is 41.6. The standard InChI is InChI=1S/C13H19F3N4/c1-8-11-18-19-12(20(11)7-6-17-8)9-4-2-3-5-10(9)13(14,15)16/h8-10,17H,2-7H2,1H3. The second-order valence-corrected chi connectivity index (χ2v) is 5.78. The predicted molar refractivity (Wildman–Crippen MR) is 67.2 cm³/mol. The Balaban J connectivity index is 1.95. The highest BCUT2D eigenvalue weighted by Gasteiger charge is 2.47. The Morgan fingerprint density at radius 1 is 1.15 bits per heavy atom. The van der Waals surface area contributed by atoms with Crippen molar-refractivity contribution in [1.82, 2.24) is 20.1 Å².